The van der Waals surface area contributed by atoms with Crippen LogP contribution in [0.15, 0.2) is 29.2 Å². The molecule has 1 aromatic carbocycles. The first kappa shape index (κ1) is 14.3. The van der Waals surface area contributed by atoms with Crippen LogP contribution in [-0.4, -0.2) is 24.3 Å². The van der Waals surface area contributed by atoms with E-state index in [1.165, 1.54) is 12.8 Å². The number of nitrogens with one attached hydrogen (secondary N) is 1. The average molecular weight is 279 g/mol. The SMILES string of the molecule is COc1ccc(S[C@@H](C)C(=O)NC2CCCC2)cc1. The van der Waals surface area contributed by atoms with Crippen molar-refractivity contribution < 1.29 is 9.53 Å². The van der Waals surface area contributed by atoms with Crippen molar-refractivity contribution in [1.82, 2.24) is 5.32 Å². The average Bonchev–Trinajstić information content (AvgIpc) is 2.92. The molecule has 2 rings (SSSR count). The Morgan fingerprint density at radius 3 is 2.53 bits per heavy atom. The second-order valence-electron chi connectivity index (χ2n) is 4.93. The molecule has 1 saturated carbocycles. The molecule has 0 aromatic heterocycles. The summed E-state index contributed by atoms with van der Waals surface area (Å²) in [5.41, 5.74) is 0. The van der Waals surface area contributed by atoms with Crippen LogP contribution >= 0.6 is 11.8 Å². The lowest BCUT2D eigenvalue weighted by Gasteiger charge is -2.16. The molecule has 1 aromatic rings. The maximum absolute atomic E-state index is 12.1. The van der Waals surface area contributed by atoms with Crippen LogP contribution in [0.2, 0.25) is 0 Å². The van der Waals surface area contributed by atoms with Crippen molar-refractivity contribution in [2.24, 2.45) is 0 Å². The first-order chi connectivity index (χ1) is 9.19. The van der Waals surface area contributed by atoms with E-state index in [-0.39, 0.29) is 11.2 Å². The first-order valence-corrected chi connectivity index (χ1v) is 7.68. The van der Waals surface area contributed by atoms with Gasteiger partial charge in [-0.1, -0.05) is 12.8 Å². The lowest BCUT2D eigenvalue weighted by Crippen LogP contribution is -2.37. The third-order valence-corrected chi connectivity index (χ3v) is 4.56. The van der Waals surface area contributed by atoms with E-state index in [2.05, 4.69) is 5.32 Å². The highest BCUT2D eigenvalue weighted by Gasteiger charge is 2.21. The molecule has 0 bridgehead atoms. The minimum atomic E-state index is -0.0611. The van der Waals surface area contributed by atoms with Gasteiger partial charge < -0.3 is 10.1 Å². The number of benzene rings is 1. The van der Waals surface area contributed by atoms with Crippen LogP contribution in [0.25, 0.3) is 0 Å². The van der Waals surface area contributed by atoms with Crippen LogP contribution in [0, 0.1) is 0 Å². The molecule has 19 heavy (non-hydrogen) atoms. The summed E-state index contributed by atoms with van der Waals surface area (Å²) in [5, 5.41) is 3.08. The molecule has 0 radical (unpaired) electrons. The summed E-state index contributed by atoms with van der Waals surface area (Å²) >= 11 is 1.59. The molecule has 1 aliphatic rings. The molecule has 4 heteroatoms. The first-order valence-electron chi connectivity index (χ1n) is 6.80. The quantitative estimate of drug-likeness (QED) is 0.841. The van der Waals surface area contributed by atoms with Crippen molar-refractivity contribution in [2.75, 3.05) is 7.11 Å². The zero-order chi connectivity index (χ0) is 13.7. The van der Waals surface area contributed by atoms with Crippen molar-refractivity contribution in [3.8, 4) is 5.75 Å². The highest BCUT2D eigenvalue weighted by atomic mass is 32.2. The van der Waals surface area contributed by atoms with Gasteiger partial charge in [-0.15, -0.1) is 11.8 Å². The largest absolute Gasteiger partial charge is 0.497 e. The molecule has 0 heterocycles. The standard InChI is InChI=1S/C15H21NO2S/c1-11(15(17)16-12-5-3-4-6-12)19-14-9-7-13(18-2)8-10-14/h7-12H,3-6H2,1-2H3,(H,16,17)/t11-/m0/s1. The van der Waals surface area contributed by atoms with Crippen LogP contribution in [0.1, 0.15) is 32.6 Å². The van der Waals surface area contributed by atoms with E-state index in [4.69, 9.17) is 4.74 Å². The lowest BCUT2D eigenvalue weighted by molar-refractivity contribution is -0.120. The van der Waals surface area contributed by atoms with E-state index in [1.807, 2.05) is 31.2 Å². The van der Waals surface area contributed by atoms with Crippen LogP contribution in [-0.2, 0) is 4.79 Å². The normalized spacial score (nSPS) is 17.2. The van der Waals surface area contributed by atoms with E-state index < -0.39 is 0 Å². The predicted molar refractivity (Wildman–Crippen MR) is 78.7 cm³/mol. The smallest absolute Gasteiger partial charge is 0.233 e. The molecule has 1 atom stereocenters. The number of amides is 1. The van der Waals surface area contributed by atoms with Crippen LogP contribution < -0.4 is 10.1 Å². The number of thioether (sulfide) groups is 1. The minimum Gasteiger partial charge on any atom is -0.497 e. The minimum absolute atomic E-state index is 0.0611. The van der Waals surface area contributed by atoms with Gasteiger partial charge in [0, 0.05) is 10.9 Å². The molecule has 1 fully saturated rings. The molecule has 3 nitrogen and oxygen atoms in total. The Labute approximate surface area is 119 Å². The fraction of sp³-hybridized carbons (Fsp3) is 0.533. The number of hydrogen-bond donors (Lipinski definition) is 1. The highest BCUT2D eigenvalue weighted by molar-refractivity contribution is 8.00. The molecular weight excluding hydrogens is 258 g/mol. The molecule has 0 spiro atoms. The van der Waals surface area contributed by atoms with Gasteiger partial charge in [-0.05, 0) is 44.0 Å². The van der Waals surface area contributed by atoms with Gasteiger partial charge in [-0.25, -0.2) is 0 Å². The summed E-state index contributed by atoms with van der Waals surface area (Å²) < 4.78 is 5.12. The Balaban J connectivity index is 1.84. The fourth-order valence-corrected chi connectivity index (χ4v) is 3.18. The molecule has 0 unspecified atom stereocenters. The third-order valence-electron chi connectivity index (χ3n) is 3.44. The van der Waals surface area contributed by atoms with Gasteiger partial charge in [0.15, 0.2) is 0 Å². The van der Waals surface area contributed by atoms with E-state index in [0.717, 1.165) is 23.5 Å². The summed E-state index contributed by atoms with van der Waals surface area (Å²) in [6, 6.07) is 8.21. The van der Waals surface area contributed by atoms with Crippen molar-refractivity contribution in [2.45, 2.75) is 48.8 Å². The third kappa shape index (κ3) is 4.16. The molecule has 104 valence electrons. The van der Waals surface area contributed by atoms with Gasteiger partial charge >= 0.3 is 0 Å². The van der Waals surface area contributed by atoms with Gasteiger partial charge in [-0.2, -0.15) is 0 Å². The van der Waals surface area contributed by atoms with E-state index in [0.29, 0.717) is 6.04 Å². The number of ether oxygens (including phenoxy) is 1. The monoisotopic (exact) mass is 279 g/mol. The molecular formula is C15H21NO2S. The van der Waals surface area contributed by atoms with Gasteiger partial charge in [0.25, 0.3) is 0 Å². The second-order valence-corrected chi connectivity index (χ2v) is 6.34. The molecule has 0 saturated heterocycles. The van der Waals surface area contributed by atoms with E-state index >= 15 is 0 Å². The summed E-state index contributed by atoms with van der Waals surface area (Å²) in [6.07, 6.45) is 4.74. The zero-order valence-electron chi connectivity index (χ0n) is 11.5. The Kier molecular flexibility index (Phi) is 5.14. The van der Waals surface area contributed by atoms with Crippen molar-refractivity contribution in [3.63, 3.8) is 0 Å². The van der Waals surface area contributed by atoms with Gasteiger partial charge in [0.1, 0.15) is 5.75 Å². The summed E-state index contributed by atoms with van der Waals surface area (Å²) in [6.45, 7) is 1.96. The van der Waals surface area contributed by atoms with Gasteiger partial charge in [-0.3, -0.25) is 4.79 Å². The van der Waals surface area contributed by atoms with Gasteiger partial charge in [0.2, 0.25) is 5.91 Å². The topological polar surface area (TPSA) is 38.3 Å². The summed E-state index contributed by atoms with van der Waals surface area (Å²) in [5.74, 6) is 0.986. The lowest BCUT2D eigenvalue weighted by atomic mass is 10.2. The van der Waals surface area contributed by atoms with Crippen molar-refractivity contribution >= 4 is 17.7 Å². The zero-order valence-corrected chi connectivity index (χ0v) is 12.3. The Hall–Kier alpha value is -1.16. The predicted octanol–water partition coefficient (Wildman–Crippen LogP) is 3.23. The number of rotatable bonds is 5. The molecule has 1 N–H and O–H groups in total. The Bertz CT molecular complexity index is 413. The van der Waals surface area contributed by atoms with Crippen molar-refractivity contribution in [1.29, 1.82) is 0 Å². The van der Waals surface area contributed by atoms with E-state index in [1.54, 1.807) is 18.9 Å². The van der Waals surface area contributed by atoms with Crippen LogP contribution in [0.4, 0.5) is 0 Å². The molecule has 1 amide bonds. The van der Waals surface area contributed by atoms with Crippen molar-refractivity contribution in [3.05, 3.63) is 24.3 Å². The van der Waals surface area contributed by atoms with Gasteiger partial charge in [0.05, 0.1) is 12.4 Å². The highest BCUT2D eigenvalue weighted by Crippen LogP contribution is 2.26. The summed E-state index contributed by atoms with van der Waals surface area (Å²) in [7, 11) is 1.65. The number of carbonyl (C=O) groups excluding carboxylic acids is 1. The molecule has 1 aliphatic carbocycles. The Morgan fingerprint density at radius 2 is 1.95 bits per heavy atom. The number of hydrogen-bond acceptors (Lipinski definition) is 3. The van der Waals surface area contributed by atoms with E-state index in [9.17, 15) is 4.79 Å². The number of methoxy groups -OCH3 is 1. The molecule has 0 aliphatic heterocycles. The maximum atomic E-state index is 12.1. The maximum Gasteiger partial charge on any atom is 0.233 e. The second kappa shape index (κ2) is 6.85. The summed E-state index contributed by atoms with van der Waals surface area (Å²) in [4.78, 5) is 13.2. The van der Waals surface area contributed by atoms with Crippen LogP contribution in [0.5, 0.6) is 5.75 Å². The number of carbonyl (C=O) groups is 1. The fourth-order valence-electron chi connectivity index (χ4n) is 2.30. The van der Waals surface area contributed by atoms with Crippen LogP contribution in [0.3, 0.4) is 0 Å². The Morgan fingerprint density at radius 1 is 1.32 bits per heavy atom.